The normalized spacial score (nSPS) is 23.6. The van der Waals surface area contributed by atoms with Crippen LogP contribution in [0.4, 0.5) is 0 Å². The van der Waals surface area contributed by atoms with Crippen molar-refractivity contribution in [2.24, 2.45) is 0 Å². The first-order valence-corrected chi connectivity index (χ1v) is 7.17. The maximum atomic E-state index is 10.5. The van der Waals surface area contributed by atoms with Gasteiger partial charge in [-0.2, -0.15) is 0 Å². The van der Waals surface area contributed by atoms with Crippen molar-refractivity contribution in [3.8, 4) is 0 Å². The molecule has 1 rings (SSSR count). The Morgan fingerprint density at radius 2 is 2.21 bits per heavy atom. The largest absolute Gasteiger partial charge is 0.378 e. The van der Waals surface area contributed by atoms with E-state index in [4.69, 9.17) is 20.2 Å². The summed E-state index contributed by atoms with van der Waals surface area (Å²) in [6.07, 6.45) is 3.38. The van der Waals surface area contributed by atoms with Crippen molar-refractivity contribution in [1.29, 1.82) is 0 Å². The second-order valence-electron chi connectivity index (χ2n) is 3.31. The summed E-state index contributed by atoms with van der Waals surface area (Å²) in [5.41, 5.74) is 0. The van der Waals surface area contributed by atoms with Crippen LogP contribution in [0, 0.1) is 0 Å². The van der Waals surface area contributed by atoms with E-state index < -0.39 is 9.05 Å². The van der Waals surface area contributed by atoms with E-state index >= 15 is 0 Å². The molecule has 0 aliphatic carbocycles. The highest BCUT2D eigenvalue weighted by Gasteiger charge is 2.14. The molecule has 0 spiro atoms. The Kier molecular flexibility index (Phi) is 5.15. The van der Waals surface area contributed by atoms with E-state index in [2.05, 4.69) is 0 Å². The van der Waals surface area contributed by atoms with E-state index in [0.29, 0.717) is 6.61 Å². The SMILES string of the molecule is O=S(=O)(Cl)CCOCC1CCCCO1. The van der Waals surface area contributed by atoms with Crippen LogP contribution in [0.25, 0.3) is 0 Å². The summed E-state index contributed by atoms with van der Waals surface area (Å²) in [6.45, 7) is 1.39. The molecule has 0 radical (unpaired) electrons. The topological polar surface area (TPSA) is 52.6 Å². The maximum Gasteiger partial charge on any atom is 0.234 e. The molecule has 6 heteroatoms. The van der Waals surface area contributed by atoms with Gasteiger partial charge in [-0.05, 0) is 19.3 Å². The van der Waals surface area contributed by atoms with Gasteiger partial charge in [0, 0.05) is 17.3 Å². The van der Waals surface area contributed by atoms with Crippen LogP contribution in [-0.4, -0.2) is 40.1 Å². The van der Waals surface area contributed by atoms with Crippen LogP contribution in [0.5, 0.6) is 0 Å². The monoisotopic (exact) mass is 242 g/mol. The second-order valence-corrected chi connectivity index (χ2v) is 6.20. The van der Waals surface area contributed by atoms with Crippen LogP contribution in [0.2, 0.25) is 0 Å². The van der Waals surface area contributed by atoms with E-state index in [1.54, 1.807) is 0 Å². The third-order valence-electron chi connectivity index (χ3n) is 2.05. The number of rotatable bonds is 5. The molecule has 0 bridgehead atoms. The van der Waals surface area contributed by atoms with Crippen LogP contribution in [-0.2, 0) is 18.5 Å². The molecule has 4 nitrogen and oxygen atoms in total. The van der Waals surface area contributed by atoms with E-state index in [1.807, 2.05) is 0 Å². The minimum absolute atomic E-state index is 0.127. The fourth-order valence-electron chi connectivity index (χ4n) is 1.31. The molecule has 0 aromatic rings. The minimum atomic E-state index is -3.42. The first-order chi connectivity index (χ1) is 6.58. The third-order valence-corrected chi connectivity index (χ3v) is 3.17. The van der Waals surface area contributed by atoms with Crippen molar-refractivity contribution in [1.82, 2.24) is 0 Å². The van der Waals surface area contributed by atoms with Crippen molar-refractivity contribution >= 4 is 19.7 Å². The lowest BCUT2D eigenvalue weighted by molar-refractivity contribution is -0.0378. The second kappa shape index (κ2) is 5.90. The molecule has 1 unspecified atom stereocenters. The molecule has 0 N–H and O–H groups in total. The summed E-state index contributed by atoms with van der Waals surface area (Å²) in [7, 11) is 1.59. The van der Waals surface area contributed by atoms with Crippen LogP contribution in [0.3, 0.4) is 0 Å². The lowest BCUT2D eigenvalue weighted by Gasteiger charge is -2.22. The highest BCUT2D eigenvalue weighted by Crippen LogP contribution is 2.12. The molecular formula is C8H15ClO4S. The lowest BCUT2D eigenvalue weighted by atomic mass is 10.1. The Morgan fingerprint density at radius 1 is 1.43 bits per heavy atom. The van der Waals surface area contributed by atoms with Crippen LogP contribution in [0.15, 0.2) is 0 Å². The van der Waals surface area contributed by atoms with Gasteiger partial charge in [0.25, 0.3) is 0 Å². The Labute approximate surface area is 88.9 Å². The molecule has 1 fully saturated rings. The van der Waals surface area contributed by atoms with Gasteiger partial charge in [0.05, 0.1) is 25.1 Å². The Morgan fingerprint density at radius 3 is 2.79 bits per heavy atom. The van der Waals surface area contributed by atoms with Gasteiger partial charge in [0.1, 0.15) is 0 Å². The molecule has 0 aromatic carbocycles. The zero-order valence-electron chi connectivity index (χ0n) is 7.95. The average molecular weight is 243 g/mol. The predicted molar refractivity (Wildman–Crippen MR) is 54.0 cm³/mol. The molecule has 14 heavy (non-hydrogen) atoms. The summed E-state index contributed by atoms with van der Waals surface area (Å²) >= 11 is 0. The highest BCUT2D eigenvalue weighted by molar-refractivity contribution is 8.13. The molecular weight excluding hydrogens is 228 g/mol. The summed E-state index contributed by atoms with van der Waals surface area (Å²) in [5, 5.41) is 0. The van der Waals surface area contributed by atoms with Crippen molar-refractivity contribution in [3.05, 3.63) is 0 Å². The smallest absolute Gasteiger partial charge is 0.234 e. The summed E-state index contributed by atoms with van der Waals surface area (Å²) in [4.78, 5) is 0. The summed E-state index contributed by atoms with van der Waals surface area (Å²) < 4.78 is 31.6. The minimum Gasteiger partial charge on any atom is -0.378 e. The summed E-state index contributed by atoms with van der Waals surface area (Å²) in [6, 6.07) is 0. The molecule has 1 saturated heterocycles. The first-order valence-electron chi connectivity index (χ1n) is 4.69. The van der Waals surface area contributed by atoms with Gasteiger partial charge in [-0.25, -0.2) is 8.42 Å². The quantitative estimate of drug-likeness (QED) is 0.536. The summed E-state index contributed by atoms with van der Waals surface area (Å²) in [5.74, 6) is -0.138. The van der Waals surface area contributed by atoms with Crippen LogP contribution < -0.4 is 0 Å². The van der Waals surface area contributed by atoms with E-state index in [0.717, 1.165) is 25.9 Å². The zero-order chi connectivity index (χ0) is 10.4. The molecule has 1 heterocycles. The fourth-order valence-corrected chi connectivity index (χ4v) is 1.82. The molecule has 0 amide bonds. The predicted octanol–water partition coefficient (Wildman–Crippen LogP) is 1.14. The molecule has 1 aliphatic heterocycles. The average Bonchev–Trinajstić information content (AvgIpc) is 2.13. The Hall–Kier alpha value is 0.160. The van der Waals surface area contributed by atoms with E-state index in [-0.39, 0.29) is 18.5 Å². The number of hydrogen-bond donors (Lipinski definition) is 0. The van der Waals surface area contributed by atoms with Gasteiger partial charge in [0.15, 0.2) is 0 Å². The fraction of sp³-hybridized carbons (Fsp3) is 1.00. The number of ether oxygens (including phenoxy) is 2. The first kappa shape index (κ1) is 12.2. The van der Waals surface area contributed by atoms with Crippen molar-refractivity contribution in [3.63, 3.8) is 0 Å². The van der Waals surface area contributed by atoms with Gasteiger partial charge in [-0.15, -0.1) is 0 Å². The number of hydrogen-bond acceptors (Lipinski definition) is 4. The zero-order valence-corrected chi connectivity index (χ0v) is 9.52. The lowest BCUT2D eigenvalue weighted by Crippen LogP contribution is -2.25. The Bertz CT molecular complexity index is 246. The number of halogens is 1. The van der Waals surface area contributed by atoms with E-state index in [1.165, 1.54) is 0 Å². The highest BCUT2D eigenvalue weighted by atomic mass is 35.7. The van der Waals surface area contributed by atoms with E-state index in [9.17, 15) is 8.42 Å². The molecule has 84 valence electrons. The Balaban J connectivity index is 2.03. The van der Waals surface area contributed by atoms with Gasteiger partial charge in [0.2, 0.25) is 9.05 Å². The van der Waals surface area contributed by atoms with Gasteiger partial charge in [-0.3, -0.25) is 0 Å². The van der Waals surface area contributed by atoms with Crippen LogP contribution >= 0.6 is 10.7 Å². The molecule has 1 aliphatic rings. The van der Waals surface area contributed by atoms with Crippen molar-refractivity contribution < 1.29 is 17.9 Å². The molecule has 0 aromatic heterocycles. The third kappa shape index (κ3) is 5.80. The molecule has 1 atom stereocenters. The molecule has 0 saturated carbocycles. The maximum absolute atomic E-state index is 10.5. The van der Waals surface area contributed by atoms with Gasteiger partial charge < -0.3 is 9.47 Å². The van der Waals surface area contributed by atoms with Crippen molar-refractivity contribution in [2.45, 2.75) is 25.4 Å². The van der Waals surface area contributed by atoms with Gasteiger partial charge >= 0.3 is 0 Å². The standard InChI is InChI=1S/C8H15ClO4S/c9-14(10,11)6-5-12-7-8-3-1-2-4-13-8/h8H,1-7H2. The van der Waals surface area contributed by atoms with Gasteiger partial charge in [-0.1, -0.05) is 0 Å². The van der Waals surface area contributed by atoms with Crippen molar-refractivity contribution in [2.75, 3.05) is 25.6 Å². The van der Waals surface area contributed by atoms with Crippen LogP contribution in [0.1, 0.15) is 19.3 Å².